The third-order valence-electron chi connectivity index (χ3n) is 4.86. The lowest BCUT2D eigenvalue weighted by atomic mass is 9.79. The summed E-state index contributed by atoms with van der Waals surface area (Å²) in [5.41, 5.74) is 1.000. The molecule has 1 unspecified atom stereocenters. The highest BCUT2D eigenvalue weighted by molar-refractivity contribution is 6.50. The van der Waals surface area contributed by atoms with Gasteiger partial charge in [0.25, 0.3) is 0 Å². The Morgan fingerprint density at radius 1 is 1.00 bits per heavy atom. The Morgan fingerprint density at radius 3 is 2.30 bits per heavy atom. The molecule has 0 amide bonds. The topological polar surface area (TPSA) is 51.2 Å². The first-order chi connectivity index (χ1) is 9.52. The molecule has 2 aliphatic carbocycles. The Bertz CT molecular complexity index is 453. The van der Waals surface area contributed by atoms with Gasteiger partial charge in [-0.15, -0.1) is 0 Å². The van der Waals surface area contributed by atoms with Crippen LogP contribution in [0.2, 0.25) is 0 Å². The Morgan fingerprint density at radius 2 is 1.65 bits per heavy atom. The molecule has 1 fully saturated rings. The number of hydrogen-bond donors (Lipinski definition) is 0. The van der Waals surface area contributed by atoms with Gasteiger partial charge in [-0.1, -0.05) is 38.5 Å². The molecule has 3 heteroatoms. The molecule has 110 valence electrons. The van der Waals surface area contributed by atoms with Crippen LogP contribution < -0.4 is 0 Å². The Labute approximate surface area is 120 Å². The van der Waals surface area contributed by atoms with Crippen molar-refractivity contribution >= 4 is 17.3 Å². The average molecular weight is 276 g/mol. The summed E-state index contributed by atoms with van der Waals surface area (Å²) in [6.07, 6.45) is 9.38. The van der Waals surface area contributed by atoms with E-state index < -0.39 is 17.5 Å². The van der Waals surface area contributed by atoms with Crippen LogP contribution in [-0.2, 0) is 14.4 Å². The summed E-state index contributed by atoms with van der Waals surface area (Å²) < 4.78 is 0. The molecule has 0 bridgehead atoms. The van der Waals surface area contributed by atoms with E-state index >= 15 is 0 Å². The molecule has 0 radical (unpaired) electrons. The molecule has 0 heterocycles. The maximum atomic E-state index is 12.1. The minimum Gasteiger partial charge on any atom is -0.294 e. The van der Waals surface area contributed by atoms with E-state index in [1.165, 1.54) is 32.1 Å². The zero-order chi connectivity index (χ0) is 14.7. The van der Waals surface area contributed by atoms with Gasteiger partial charge < -0.3 is 0 Å². The molecule has 0 aromatic rings. The van der Waals surface area contributed by atoms with Crippen molar-refractivity contribution in [3.05, 3.63) is 11.1 Å². The van der Waals surface area contributed by atoms with Crippen LogP contribution in [0, 0.1) is 11.8 Å². The van der Waals surface area contributed by atoms with Crippen LogP contribution in [0.3, 0.4) is 0 Å². The van der Waals surface area contributed by atoms with Gasteiger partial charge in [-0.25, -0.2) is 0 Å². The van der Waals surface area contributed by atoms with E-state index in [1.54, 1.807) is 13.8 Å². The van der Waals surface area contributed by atoms with Gasteiger partial charge in [-0.2, -0.15) is 0 Å². The number of carbonyl (C=O) groups excluding carboxylic acids is 3. The second-order valence-electron chi connectivity index (χ2n) is 6.28. The number of allylic oxidation sites excluding steroid dienone is 2. The van der Waals surface area contributed by atoms with E-state index in [-0.39, 0.29) is 5.78 Å². The molecule has 0 spiro atoms. The van der Waals surface area contributed by atoms with E-state index in [0.717, 1.165) is 18.8 Å². The van der Waals surface area contributed by atoms with Crippen LogP contribution in [0.4, 0.5) is 0 Å². The minimum atomic E-state index is -0.768. The van der Waals surface area contributed by atoms with E-state index in [1.807, 2.05) is 0 Å². The van der Waals surface area contributed by atoms with Crippen LogP contribution in [0.1, 0.15) is 65.2 Å². The van der Waals surface area contributed by atoms with Crippen molar-refractivity contribution in [2.24, 2.45) is 11.8 Å². The second-order valence-corrected chi connectivity index (χ2v) is 6.28. The van der Waals surface area contributed by atoms with Gasteiger partial charge in [0.2, 0.25) is 11.6 Å². The fourth-order valence-electron chi connectivity index (χ4n) is 3.44. The first-order valence-electron chi connectivity index (χ1n) is 7.85. The summed E-state index contributed by atoms with van der Waals surface area (Å²) >= 11 is 0. The van der Waals surface area contributed by atoms with E-state index in [2.05, 4.69) is 0 Å². The fourth-order valence-corrected chi connectivity index (χ4v) is 3.44. The first-order valence-corrected chi connectivity index (χ1v) is 7.85. The van der Waals surface area contributed by atoms with Crippen molar-refractivity contribution in [2.45, 2.75) is 65.2 Å². The number of Topliss-reactive ketones (excluding diaryl/α,β-unsaturated/α-hetero) is 3. The summed E-state index contributed by atoms with van der Waals surface area (Å²) in [6.45, 7) is 3.18. The van der Waals surface area contributed by atoms with Crippen LogP contribution in [-0.4, -0.2) is 17.3 Å². The molecule has 3 nitrogen and oxygen atoms in total. The zero-order valence-corrected chi connectivity index (χ0v) is 12.5. The minimum absolute atomic E-state index is 0.129. The predicted octanol–water partition coefficient (Wildman–Crippen LogP) is 3.41. The molecule has 2 aliphatic rings. The molecule has 20 heavy (non-hydrogen) atoms. The number of carbonyl (C=O) groups is 3. The van der Waals surface area contributed by atoms with Crippen molar-refractivity contribution in [3.8, 4) is 0 Å². The highest BCUT2D eigenvalue weighted by Gasteiger charge is 2.36. The molecular formula is C17H24O3. The van der Waals surface area contributed by atoms with Gasteiger partial charge in [0.1, 0.15) is 0 Å². The van der Waals surface area contributed by atoms with Crippen LogP contribution in [0.5, 0.6) is 0 Å². The lowest BCUT2D eigenvalue weighted by Crippen LogP contribution is -2.35. The van der Waals surface area contributed by atoms with Crippen molar-refractivity contribution < 1.29 is 14.4 Å². The lowest BCUT2D eigenvalue weighted by molar-refractivity contribution is -0.140. The summed E-state index contributed by atoms with van der Waals surface area (Å²) in [7, 11) is 0. The molecule has 1 saturated carbocycles. The molecule has 0 saturated heterocycles. The Hall–Kier alpha value is -1.25. The fraction of sp³-hybridized carbons (Fsp3) is 0.706. The van der Waals surface area contributed by atoms with Crippen molar-refractivity contribution in [1.29, 1.82) is 0 Å². The number of hydrogen-bond acceptors (Lipinski definition) is 3. The van der Waals surface area contributed by atoms with E-state index in [0.29, 0.717) is 17.6 Å². The van der Waals surface area contributed by atoms with Crippen LogP contribution in [0.15, 0.2) is 11.1 Å². The van der Waals surface area contributed by atoms with Crippen molar-refractivity contribution in [2.75, 3.05) is 0 Å². The van der Waals surface area contributed by atoms with Gasteiger partial charge in [0, 0.05) is 11.1 Å². The molecule has 2 rings (SSSR count). The largest absolute Gasteiger partial charge is 0.294 e. The first kappa shape index (κ1) is 15.1. The van der Waals surface area contributed by atoms with Gasteiger partial charge in [-0.05, 0) is 32.6 Å². The molecule has 0 aromatic heterocycles. The monoisotopic (exact) mass is 276 g/mol. The highest BCUT2D eigenvalue weighted by Crippen LogP contribution is 2.30. The van der Waals surface area contributed by atoms with Crippen molar-refractivity contribution in [3.63, 3.8) is 0 Å². The second kappa shape index (κ2) is 6.47. The maximum Gasteiger partial charge on any atom is 0.225 e. The standard InChI is InChI=1S/C17H24O3/c1-11-14(15(18)12(2)17(20)16(11)19)10-6-9-13-7-4-3-5-8-13/h12-13H,3-10H2,1-2H3. The quantitative estimate of drug-likeness (QED) is 0.584. The van der Waals surface area contributed by atoms with Crippen molar-refractivity contribution in [1.82, 2.24) is 0 Å². The zero-order valence-electron chi connectivity index (χ0n) is 12.5. The van der Waals surface area contributed by atoms with Crippen LogP contribution in [0.25, 0.3) is 0 Å². The Kier molecular flexibility index (Phi) is 4.90. The molecular weight excluding hydrogens is 252 g/mol. The predicted molar refractivity (Wildman–Crippen MR) is 77.3 cm³/mol. The van der Waals surface area contributed by atoms with Crippen LogP contribution >= 0.6 is 0 Å². The van der Waals surface area contributed by atoms with Gasteiger partial charge in [0.15, 0.2) is 5.78 Å². The van der Waals surface area contributed by atoms with Gasteiger partial charge >= 0.3 is 0 Å². The summed E-state index contributed by atoms with van der Waals surface area (Å²) in [5.74, 6) is -1.10. The molecule has 0 N–H and O–H groups in total. The normalized spacial score (nSPS) is 25.5. The maximum absolute atomic E-state index is 12.1. The van der Waals surface area contributed by atoms with Gasteiger partial charge in [-0.3, -0.25) is 14.4 Å². The lowest BCUT2D eigenvalue weighted by Gasteiger charge is -2.23. The molecule has 0 aromatic carbocycles. The molecule has 0 aliphatic heterocycles. The Balaban J connectivity index is 1.95. The smallest absolute Gasteiger partial charge is 0.225 e. The third kappa shape index (κ3) is 3.08. The third-order valence-corrected chi connectivity index (χ3v) is 4.86. The van der Waals surface area contributed by atoms with Gasteiger partial charge in [0.05, 0.1) is 5.92 Å². The average Bonchev–Trinajstić information content (AvgIpc) is 2.48. The molecule has 1 atom stereocenters. The SMILES string of the molecule is CC1=C(CCCC2CCCCC2)C(=O)C(C)C(=O)C1=O. The summed E-state index contributed by atoms with van der Waals surface area (Å²) in [4.78, 5) is 35.5. The summed E-state index contributed by atoms with van der Waals surface area (Å²) in [6, 6.07) is 0. The van der Waals surface area contributed by atoms with E-state index in [9.17, 15) is 14.4 Å². The summed E-state index contributed by atoms with van der Waals surface area (Å²) in [5, 5.41) is 0. The highest BCUT2D eigenvalue weighted by atomic mass is 16.2. The number of rotatable bonds is 4. The van der Waals surface area contributed by atoms with E-state index in [4.69, 9.17) is 0 Å². The number of ketones is 3.